The molecule has 0 unspecified atom stereocenters. The largest absolute Gasteiger partial charge is 0.489 e. The van der Waals surface area contributed by atoms with Gasteiger partial charge in [0, 0.05) is 12.3 Å². The van der Waals surface area contributed by atoms with Crippen LogP contribution in [0.1, 0.15) is 19.8 Å². The topological polar surface area (TPSA) is 79.7 Å². The first-order valence-electron chi connectivity index (χ1n) is 6.67. The number of unbranched alkanes of at least 4 members (excludes halogenated alkanes) is 1. The Kier molecular flexibility index (Phi) is 7.77. The minimum Gasteiger partial charge on any atom is -0.489 e. The Labute approximate surface area is 114 Å². The Bertz CT molecular complexity index is 359. The van der Waals surface area contributed by atoms with Crippen LogP contribution >= 0.6 is 0 Å². The van der Waals surface area contributed by atoms with Gasteiger partial charge in [0.1, 0.15) is 12.4 Å². The fraction of sp³-hybridized carbons (Fsp3) is 0.571. The van der Waals surface area contributed by atoms with Gasteiger partial charge in [0.05, 0.1) is 25.5 Å². The van der Waals surface area contributed by atoms with Crippen LogP contribution < -0.4 is 16.2 Å². The monoisotopic (exact) mass is 268 g/mol. The highest BCUT2D eigenvalue weighted by Crippen LogP contribution is 2.23. The van der Waals surface area contributed by atoms with Crippen molar-refractivity contribution in [1.82, 2.24) is 0 Å². The molecule has 0 fully saturated rings. The Morgan fingerprint density at radius 1 is 0.947 bits per heavy atom. The second kappa shape index (κ2) is 9.47. The first-order valence-corrected chi connectivity index (χ1v) is 6.67. The molecule has 1 aromatic carbocycles. The smallest absolute Gasteiger partial charge is 0.142 e. The lowest BCUT2D eigenvalue weighted by Crippen LogP contribution is -2.11. The zero-order valence-corrected chi connectivity index (χ0v) is 11.6. The molecule has 4 N–H and O–H groups in total. The van der Waals surface area contributed by atoms with Crippen LogP contribution in [0.4, 0.5) is 11.4 Å². The van der Waals surface area contributed by atoms with E-state index in [0.717, 1.165) is 19.4 Å². The molecule has 0 radical (unpaired) electrons. The number of ether oxygens (including phenoxy) is 3. The van der Waals surface area contributed by atoms with Gasteiger partial charge < -0.3 is 25.7 Å². The molecule has 0 aliphatic heterocycles. The van der Waals surface area contributed by atoms with Gasteiger partial charge in [-0.15, -0.1) is 0 Å². The summed E-state index contributed by atoms with van der Waals surface area (Å²) in [6, 6.07) is 5.20. The molecule has 0 saturated carbocycles. The number of hydrogen-bond donors (Lipinski definition) is 2. The van der Waals surface area contributed by atoms with Crippen LogP contribution in [0.3, 0.4) is 0 Å². The highest BCUT2D eigenvalue weighted by molar-refractivity contribution is 5.60. The second-order valence-electron chi connectivity index (χ2n) is 4.22. The average Bonchev–Trinajstić information content (AvgIpc) is 2.39. The zero-order valence-electron chi connectivity index (χ0n) is 11.6. The fourth-order valence-corrected chi connectivity index (χ4v) is 1.48. The van der Waals surface area contributed by atoms with Gasteiger partial charge in [-0.2, -0.15) is 0 Å². The van der Waals surface area contributed by atoms with E-state index in [1.807, 2.05) is 0 Å². The molecule has 0 aliphatic carbocycles. The van der Waals surface area contributed by atoms with E-state index in [0.29, 0.717) is 43.6 Å². The first kappa shape index (κ1) is 15.6. The maximum atomic E-state index is 5.76. The van der Waals surface area contributed by atoms with E-state index < -0.39 is 0 Å². The third-order valence-corrected chi connectivity index (χ3v) is 2.53. The van der Waals surface area contributed by atoms with Crippen molar-refractivity contribution < 1.29 is 14.2 Å². The maximum absolute atomic E-state index is 5.76. The molecule has 5 heteroatoms. The Balaban J connectivity index is 2.01. The molecule has 0 saturated heterocycles. The van der Waals surface area contributed by atoms with Crippen LogP contribution in [0.2, 0.25) is 0 Å². The molecule has 19 heavy (non-hydrogen) atoms. The second-order valence-corrected chi connectivity index (χ2v) is 4.22. The lowest BCUT2D eigenvalue weighted by atomic mass is 10.2. The Morgan fingerprint density at radius 2 is 1.63 bits per heavy atom. The fourth-order valence-electron chi connectivity index (χ4n) is 1.48. The summed E-state index contributed by atoms with van der Waals surface area (Å²) in [5, 5.41) is 0. The van der Waals surface area contributed by atoms with E-state index in [1.165, 1.54) is 0 Å². The number of rotatable bonds is 10. The third kappa shape index (κ3) is 6.88. The van der Waals surface area contributed by atoms with E-state index in [4.69, 9.17) is 25.7 Å². The number of benzene rings is 1. The molecule has 0 aliphatic rings. The van der Waals surface area contributed by atoms with Crippen LogP contribution in [-0.4, -0.2) is 33.0 Å². The summed E-state index contributed by atoms with van der Waals surface area (Å²) >= 11 is 0. The zero-order chi connectivity index (χ0) is 13.9. The minimum absolute atomic E-state index is 0.461. The summed E-state index contributed by atoms with van der Waals surface area (Å²) in [7, 11) is 0. The first-order chi connectivity index (χ1) is 9.24. The summed E-state index contributed by atoms with van der Waals surface area (Å²) in [4.78, 5) is 0. The Hall–Kier alpha value is -1.46. The van der Waals surface area contributed by atoms with Crippen molar-refractivity contribution in [1.29, 1.82) is 0 Å². The van der Waals surface area contributed by atoms with Crippen LogP contribution in [0, 0.1) is 0 Å². The average molecular weight is 268 g/mol. The van der Waals surface area contributed by atoms with Gasteiger partial charge in [0.15, 0.2) is 0 Å². The van der Waals surface area contributed by atoms with Gasteiger partial charge in [-0.3, -0.25) is 0 Å². The van der Waals surface area contributed by atoms with Crippen molar-refractivity contribution in [3.05, 3.63) is 18.2 Å². The number of anilines is 2. The number of nitrogens with two attached hydrogens (primary N) is 2. The number of nitrogen functional groups attached to an aromatic ring is 2. The molecule has 0 amide bonds. The van der Waals surface area contributed by atoms with Crippen molar-refractivity contribution in [2.24, 2.45) is 0 Å². The van der Waals surface area contributed by atoms with Gasteiger partial charge >= 0.3 is 0 Å². The molecular formula is C14H24N2O3. The van der Waals surface area contributed by atoms with E-state index in [2.05, 4.69) is 6.92 Å². The molecule has 1 aromatic rings. The summed E-state index contributed by atoms with van der Waals surface area (Å²) in [6.07, 6.45) is 2.25. The van der Waals surface area contributed by atoms with E-state index in [-0.39, 0.29) is 0 Å². The summed E-state index contributed by atoms with van der Waals surface area (Å²) < 4.78 is 16.2. The lowest BCUT2D eigenvalue weighted by molar-refractivity contribution is 0.0356. The molecule has 108 valence electrons. The van der Waals surface area contributed by atoms with Gasteiger partial charge in [-0.1, -0.05) is 13.3 Å². The highest BCUT2D eigenvalue weighted by Gasteiger charge is 2.00. The highest BCUT2D eigenvalue weighted by atomic mass is 16.5. The van der Waals surface area contributed by atoms with E-state index in [9.17, 15) is 0 Å². The molecule has 1 rings (SSSR count). The molecule has 0 spiro atoms. The molecular weight excluding hydrogens is 244 g/mol. The normalized spacial score (nSPS) is 10.6. The Morgan fingerprint density at radius 3 is 2.32 bits per heavy atom. The van der Waals surface area contributed by atoms with E-state index in [1.54, 1.807) is 18.2 Å². The van der Waals surface area contributed by atoms with Crippen molar-refractivity contribution in [3.8, 4) is 5.75 Å². The van der Waals surface area contributed by atoms with Crippen LogP contribution in [0.25, 0.3) is 0 Å². The third-order valence-electron chi connectivity index (χ3n) is 2.53. The van der Waals surface area contributed by atoms with Crippen LogP contribution in [0.5, 0.6) is 5.75 Å². The quantitative estimate of drug-likeness (QED) is 0.501. The minimum atomic E-state index is 0.461. The predicted octanol–water partition coefficient (Wildman–Crippen LogP) is 2.06. The van der Waals surface area contributed by atoms with Gasteiger partial charge in [-0.25, -0.2) is 0 Å². The van der Waals surface area contributed by atoms with E-state index >= 15 is 0 Å². The summed E-state index contributed by atoms with van der Waals surface area (Å²) in [5.41, 5.74) is 12.5. The van der Waals surface area contributed by atoms with Crippen molar-refractivity contribution >= 4 is 11.4 Å². The SMILES string of the molecule is CCCCOCCOCCOc1ccc(N)cc1N. The molecule has 0 aromatic heterocycles. The summed E-state index contributed by atoms with van der Waals surface area (Å²) in [6.45, 7) is 5.14. The molecule has 0 bridgehead atoms. The van der Waals surface area contributed by atoms with Crippen molar-refractivity contribution in [2.45, 2.75) is 19.8 Å². The molecule has 5 nitrogen and oxygen atoms in total. The van der Waals surface area contributed by atoms with Gasteiger partial charge in [0.2, 0.25) is 0 Å². The summed E-state index contributed by atoms with van der Waals surface area (Å²) in [5.74, 6) is 0.636. The van der Waals surface area contributed by atoms with Gasteiger partial charge in [0.25, 0.3) is 0 Å². The van der Waals surface area contributed by atoms with Crippen LogP contribution in [0.15, 0.2) is 18.2 Å². The van der Waals surface area contributed by atoms with Crippen molar-refractivity contribution in [3.63, 3.8) is 0 Å². The molecule has 0 heterocycles. The molecule has 0 atom stereocenters. The lowest BCUT2D eigenvalue weighted by Gasteiger charge is -2.10. The van der Waals surface area contributed by atoms with Crippen LogP contribution in [-0.2, 0) is 9.47 Å². The number of hydrogen-bond acceptors (Lipinski definition) is 5. The van der Waals surface area contributed by atoms with Crippen molar-refractivity contribution in [2.75, 3.05) is 44.5 Å². The predicted molar refractivity (Wildman–Crippen MR) is 77.3 cm³/mol. The van der Waals surface area contributed by atoms with Gasteiger partial charge in [-0.05, 0) is 24.6 Å². The maximum Gasteiger partial charge on any atom is 0.142 e. The standard InChI is InChI=1S/C14H24N2O3/c1-2-3-6-17-7-8-18-9-10-19-14-5-4-12(15)11-13(14)16/h4-5,11H,2-3,6-10,15-16H2,1H3.